The number of hydrogen-bond donors (Lipinski definition) is 1. The zero-order valence-corrected chi connectivity index (χ0v) is 19.3. The van der Waals surface area contributed by atoms with Gasteiger partial charge in [-0.1, -0.05) is 72.4 Å². The minimum absolute atomic E-state index is 0.0259. The van der Waals surface area contributed by atoms with Crippen molar-refractivity contribution in [2.45, 2.75) is 78.7 Å². The molecule has 1 saturated heterocycles. The summed E-state index contributed by atoms with van der Waals surface area (Å²) in [6, 6.07) is 4.07. The zero-order chi connectivity index (χ0) is 20.7. The van der Waals surface area contributed by atoms with E-state index in [9.17, 15) is 9.90 Å². The third-order valence-corrected chi connectivity index (χ3v) is 6.23. The van der Waals surface area contributed by atoms with Crippen LogP contribution in [-0.4, -0.2) is 26.3 Å². The van der Waals surface area contributed by atoms with E-state index in [0.717, 1.165) is 23.1 Å². The number of nitrogens with zero attached hydrogens (tertiary/aromatic N) is 1. The maximum Gasteiger partial charge on any atom is 0.266 e. The van der Waals surface area contributed by atoms with Gasteiger partial charge in [-0.3, -0.25) is 9.69 Å². The third kappa shape index (κ3) is 4.57. The van der Waals surface area contributed by atoms with Crippen molar-refractivity contribution in [2.75, 3.05) is 0 Å². The summed E-state index contributed by atoms with van der Waals surface area (Å²) in [4.78, 5) is 15.2. The van der Waals surface area contributed by atoms with Gasteiger partial charge in [0.25, 0.3) is 5.91 Å². The van der Waals surface area contributed by atoms with Crippen LogP contribution in [0.25, 0.3) is 6.08 Å². The predicted octanol–water partition coefficient (Wildman–Crippen LogP) is 5.99. The van der Waals surface area contributed by atoms with Gasteiger partial charge in [0.05, 0.1) is 4.91 Å². The second kappa shape index (κ2) is 7.59. The van der Waals surface area contributed by atoms with Gasteiger partial charge in [-0.2, -0.15) is 0 Å². The lowest BCUT2D eigenvalue weighted by Gasteiger charge is -2.28. The van der Waals surface area contributed by atoms with Crippen molar-refractivity contribution in [3.05, 3.63) is 33.7 Å². The van der Waals surface area contributed by atoms with E-state index in [1.165, 1.54) is 11.8 Å². The highest BCUT2D eigenvalue weighted by Gasteiger charge is 2.35. The molecule has 1 aliphatic heterocycles. The second-order valence-corrected chi connectivity index (χ2v) is 10.9. The van der Waals surface area contributed by atoms with Crippen LogP contribution in [0.5, 0.6) is 5.75 Å². The number of phenols is 1. The number of thiocarbonyl (C=S) groups is 1. The fraction of sp³-hybridized carbons (Fsp3) is 0.545. The Morgan fingerprint density at radius 3 is 2.04 bits per heavy atom. The van der Waals surface area contributed by atoms with Crippen molar-refractivity contribution in [2.24, 2.45) is 0 Å². The summed E-state index contributed by atoms with van der Waals surface area (Å²) < 4.78 is 0.617. The highest BCUT2D eigenvalue weighted by molar-refractivity contribution is 8.26. The molecule has 1 aromatic carbocycles. The van der Waals surface area contributed by atoms with Crippen molar-refractivity contribution in [1.29, 1.82) is 0 Å². The highest BCUT2D eigenvalue weighted by Crippen LogP contribution is 2.41. The summed E-state index contributed by atoms with van der Waals surface area (Å²) in [7, 11) is 0. The number of phenolic OH excluding ortho intramolecular Hbond substituents is 1. The van der Waals surface area contributed by atoms with E-state index in [2.05, 4.69) is 48.5 Å². The third-order valence-electron chi connectivity index (χ3n) is 4.90. The van der Waals surface area contributed by atoms with E-state index in [0.29, 0.717) is 15.0 Å². The highest BCUT2D eigenvalue weighted by atomic mass is 32.2. The standard InChI is InChI=1S/C22H31NO2S2/c1-9-13(2)23-19(25)17(27-20(23)26)12-14-10-15(21(3,4)5)18(24)16(11-14)22(6,7)8/h10-13,24H,9H2,1-8H3. The fourth-order valence-corrected chi connectivity index (χ4v) is 4.54. The minimum Gasteiger partial charge on any atom is -0.507 e. The van der Waals surface area contributed by atoms with Crippen LogP contribution in [0.3, 0.4) is 0 Å². The van der Waals surface area contributed by atoms with Gasteiger partial charge in [0, 0.05) is 17.2 Å². The molecule has 1 unspecified atom stereocenters. The van der Waals surface area contributed by atoms with Gasteiger partial charge in [-0.15, -0.1) is 0 Å². The first-order chi connectivity index (χ1) is 12.3. The van der Waals surface area contributed by atoms with Crippen LogP contribution < -0.4 is 0 Å². The molecule has 1 fully saturated rings. The SMILES string of the molecule is CCC(C)N1C(=O)C(=Cc2cc(C(C)(C)C)c(O)c(C(C)(C)C)c2)SC1=S. The molecule has 0 spiro atoms. The Bertz CT molecular complexity index is 763. The van der Waals surface area contributed by atoms with Gasteiger partial charge in [-0.05, 0) is 47.9 Å². The predicted molar refractivity (Wildman–Crippen MR) is 120 cm³/mol. The van der Waals surface area contributed by atoms with Gasteiger partial charge in [0.1, 0.15) is 10.1 Å². The molecule has 27 heavy (non-hydrogen) atoms. The molecule has 3 nitrogen and oxygen atoms in total. The molecule has 148 valence electrons. The number of thioether (sulfide) groups is 1. The molecular weight excluding hydrogens is 374 g/mol. The molecule has 1 amide bonds. The van der Waals surface area contributed by atoms with Crippen LogP contribution in [0.15, 0.2) is 17.0 Å². The van der Waals surface area contributed by atoms with Crippen LogP contribution in [0.2, 0.25) is 0 Å². The maximum absolute atomic E-state index is 12.9. The minimum atomic E-state index is -0.205. The topological polar surface area (TPSA) is 40.5 Å². The Hall–Kier alpha value is -1.33. The second-order valence-electron chi connectivity index (χ2n) is 9.27. The maximum atomic E-state index is 12.9. The molecule has 5 heteroatoms. The lowest BCUT2D eigenvalue weighted by Crippen LogP contribution is -2.36. The zero-order valence-electron chi connectivity index (χ0n) is 17.6. The number of amides is 1. The number of hydrogen-bond acceptors (Lipinski definition) is 4. The van der Waals surface area contributed by atoms with Gasteiger partial charge in [0.2, 0.25) is 0 Å². The van der Waals surface area contributed by atoms with E-state index < -0.39 is 0 Å². The quantitative estimate of drug-likeness (QED) is 0.495. The van der Waals surface area contributed by atoms with Crippen LogP contribution in [0.4, 0.5) is 0 Å². The molecule has 0 saturated carbocycles. The molecule has 0 aliphatic carbocycles. The first-order valence-electron chi connectivity index (χ1n) is 9.42. The first-order valence-corrected chi connectivity index (χ1v) is 10.6. The Morgan fingerprint density at radius 1 is 1.15 bits per heavy atom. The molecule has 0 bridgehead atoms. The van der Waals surface area contributed by atoms with Crippen molar-refractivity contribution < 1.29 is 9.90 Å². The number of carbonyl (C=O) groups excluding carboxylic acids is 1. The van der Waals surface area contributed by atoms with E-state index >= 15 is 0 Å². The number of benzene rings is 1. The molecule has 1 N–H and O–H groups in total. The number of aromatic hydroxyl groups is 1. The average molecular weight is 406 g/mol. The monoisotopic (exact) mass is 405 g/mol. The Kier molecular flexibility index (Phi) is 6.18. The normalized spacial score (nSPS) is 18.5. The summed E-state index contributed by atoms with van der Waals surface area (Å²) in [5.74, 6) is 0.321. The van der Waals surface area contributed by atoms with E-state index in [1.807, 2.05) is 25.1 Å². The largest absolute Gasteiger partial charge is 0.507 e. The number of carbonyl (C=O) groups is 1. The molecule has 1 aliphatic rings. The van der Waals surface area contributed by atoms with Crippen molar-refractivity contribution in [1.82, 2.24) is 4.90 Å². The average Bonchev–Trinajstić information content (AvgIpc) is 2.80. The molecule has 1 heterocycles. The van der Waals surface area contributed by atoms with Gasteiger partial charge < -0.3 is 5.11 Å². The molecule has 1 atom stereocenters. The van der Waals surface area contributed by atoms with Gasteiger partial charge in [-0.25, -0.2) is 0 Å². The molecule has 1 aromatic rings. The van der Waals surface area contributed by atoms with E-state index in [-0.39, 0.29) is 22.8 Å². The molecular formula is C22H31NO2S2. The van der Waals surface area contributed by atoms with Crippen molar-refractivity contribution in [3.63, 3.8) is 0 Å². The fourth-order valence-electron chi connectivity index (χ4n) is 3.08. The van der Waals surface area contributed by atoms with Crippen LogP contribution in [0, 0.1) is 0 Å². The van der Waals surface area contributed by atoms with Crippen molar-refractivity contribution >= 4 is 40.3 Å². The summed E-state index contributed by atoms with van der Waals surface area (Å²) in [6.07, 6.45) is 2.77. The van der Waals surface area contributed by atoms with Crippen molar-refractivity contribution in [3.8, 4) is 5.75 Å². The lowest BCUT2D eigenvalue weighted by atomic mass is 9.78. The Morgan fingerprint density at radius 2 is 1.63 bits per heavy atom. The van der Waals surface area contributed by atoms with E-state index in [1.54, 1.807) is 4.90 Å². The smallest absolute Gasteiger partial charge is 0.266 e. The van der Waals surface area contributed by atoms with Crippen LogP contribution >= 0.6 is 24.0 Å². The van der Waals surface area contributed by atoms with E-state index in [4.69, 9.17) is 12.2 Å². The van der Waals surface area contributed by atoms with Crippen LogP contribution in [-0.2, 0) is 15.6 Å². The summed E-state index contributed by atoms with van der Waals surface area (Å²) in [5, 5.41) is 10.9. The molecule has 0 aromatic heterocycles. The summed E-state index contributed by atoms with van der Waals surface area (Å²) >= 11 is 6.79. The van der Waals surface area contributed by atoms with Crippen LogP contribution in [0.1, 0.15) is 78.5 Å². The van der Waals surface area contributed by atoms with Gasteiger partial charge in [0.15, 0.2) is 0 Å². The first kappa shape index (κ1) is 22.0. The Labute approximate surface area is 173 Å². The lowest BCUT2D eigenvalue weighted by molar-refractivity contribution is -0.123. The Balaban J connectivity index is 2.58. The number of rotatable bonds is 3. The summed E-state index contributed by atoms with van der Waals surface area (Å²) in [5.41, 5.74) is 2.29. The van der Waals surface area contributed by atoms with Gasteiger partial charge >= 0.3 is 0 Å². The molecule has 2 rings (SSSR count). The molecule has 0 radical (unpaired) electrons. The summed E-state index contributed by atoms with van der Waals surface area (Å²) in [6.45, 7) is 16.6.